The van der Waals surface area contributed by atoms with E-state index in [1.165, 1.54) is 14.0 Å². The third kappa shape index (κ3) is 4.23. The molecule has 2 aromatic carbocycles. The van der Waals surface area contributed by atoms with Gasteiger partial charge in [0.05, 0.1) is 19.9 Å². The summed E-state index contributed by atoms with van der Waals surface area (Å²) in [4.78, 5) is 23.3. The van der Waals surface area contributed by atoms with Crippen LogP contribution in [0, 0.1) is 0 Å². The standard InChI is InChI=1S/C17H18N2O4/c1-11(20)12-4-6-13(7-5-12)18-17(21)19-15-10-14(22-2)8-9-16(15)23-3/h4-10H,1-3H3,(H2,18,19,21). The van der Waals surface area contributed by atoms with Crippen LogP contribution in [0.25, 0.3) is 0 Å². The summed E-state index contributed by atoms with van der Waals surface area (Å²) < 4.78 is 10.3. The fourth-order valence-electron chi connectivity index (χ4n) is 1.98. The molecule has 2 rings (SSSR count). The molecule has 0 aliphatic heterocycles. The molecule has 0 saturated heterocycles. The Labute approximate surface area is 134 Å². The fraction of sp³-hybridized carbons (Fsp3) is 0.176. The first-order chi connectivity index (χ1) is 11.0. The molecule has 0 atom stereocenters. The van der Waals surface area contributed by atoms with Crippen LogP contribution < -0.4 is 20.1 Å². The van der Waals surface area contributed by atoms with Crippen molar-refractivity contribution in [1.82, 2.24) is 0 Å². The molecular weight excluding hydrogens is 296 g/mol. The number of anilines is 2. The van der Waals surface area contributed by atoms with Crippen molar-refractivity contribution < 1.29 is 19.1 Å². The van der Waals surface area contributed by atoms with Gasteiger partial charge in [0.2, 0.25) is 0 Å². The molecule has 0 aliphatic carbocycles. The molecule has 0 aliphatic rings. The molecule has 120 valence electrons. The number of carbonyl (C=O) groups is 2. The van der Waals surface area contributed by atoms with E-state index in [4.69, 9.17) is 9.47 Å². The smallest absolute Gasteiger partial charge is 0.323 e. The number of hydrogen-bond donors (Lipinski definition) is 2. The number of carbonyl (C=O) groups excluding carboxylic acids is 2. The molecule has 0 saturated carbocycles. The number of urea groups is 1. The average molecular weight is 314 g/mol. The maximum absolute atomic E-state index is 12.1. The van der Waals surface area contributed by atoms with Crippen LogP contribution in [0.5, 0.6) is 11.5 Å². The molecule has 0 fully saturated rings. The molecule has 23 heavy (non-hydrogen) atoms. The van der Waals surface area contributed by atoms with Crippen molar-refractivity contribution in [3.05, 3.63) is 48.0 Å². The highest BCUT2D eigenvalue weighted by Crippen LogP contribution is 2.29. The van der Waals surface area contributed by atoms with Crippen LogP contribution >= 0.6 is 0 Å². The molecule has 2 N–H and O–H groups in total. The minimum atomic E-state index is -0.424. The normalized spacial score (nSPS) is 9.87. The SMILES string of the molecule is COc1ccc(OC)c(NC(=O)Nc2ccc(C(C)=O)cc2)c1. The second-order valence-electron chi connectivity index (χ2n) is 4.78. The molecule has 0 heterocycles. The lowest BCUT2D eigenvalue weighted by atomic mass is 10.1. The number of Topliss-reactive ketones (excluding diaryl/α,β-unsaturated/α-hetero) is 1. The third-order valence-electron chi connectivity index (χ3n) is 3.20. The van der Waals surface area contributed by atoms with Crippen molar-refractivity contribution >= 4 is 23.2 Å². The molecule has 2 aromatic rings. The number of ether oxygens (including phenoxy) is 2. The molecule has 0 aromatic heterocycles. The second kappa shape index (κ2) is 7.31. The number of benzene rings is 2. The van der Waals surface area contributed by atoms with Crippen molar-refractivity contribution in [2.45, 2.75) is 6.92 Å². The van der Waals surface area contributed by atoms with Gasteiger partial charge in [0.25, 0.3) is 0 Å². The zero-order valence-corrected chi connectivity index (χ0v) is 13.2. The predicted molar refractivity (Wildman–Crippen MR) is 88.6 cm³/mol. The van der Waals surface area contributed by atoms with E-state index >= 15 is 0 Å². The van der Waals surface area contributed by atoms with Crippen LogP contribution in [0.3, 0.4) is 0 Å². The van der Waals surface area contributed by atoms with E-state index in [1.807, 2.05) is 0 Å². The Morgan fingerprint density at radius 1 is 0.913 bits per heavy atom. The van der Waals surface area contributed by atoms with Gasteiger partial charge in [-0.2, -0.15) is 0 Å². The molecule has 0 bridgehead atoms. The van der Waals surface area contributed by atoms with Gasteiger partial charge in [0.15, 0.2) is 5.78 Å². The van der Waals surface area contributed by atoms with Crippen molar-refractivity contribution in [3.8, 4) is 11.5 Å². The molecule has 6 heteroatoms. The Balaban J connectivity index is 2.08. The maximum Gasteiger partial charge on any atom is 0.323 e. The Morgan fingerprint density at radius 2 is 1.61 bits per heavy atom. The summed E-state index contributed by atoms with van der Waals surface area (Å²) in [6.45, 7) is 1.49. The topological polar surface area (TPSA) is 76.7 Å². The van der Waals surface area contributed by atoms with Crippen molar-refractivity contribution in [1.29, 1.82) is 0 Å². The summed E-state index contributed by atoms with van der Waals surface area (Å²) in [6.07, 6.45) is 0. The number of nitrogens with one attached hydrogen (secondary N) is 2. The first-order valence-electron chi connectivity index (χ1n) is 6.94. The lowest BCUT2D eigenvalue weighted by molar-refractivity contribution is 0.101. The van der Waals surface area contributed by atoms with E-state index in [9.17, 15) is 9.59 Å². The Morgan fingerprint density at radius 3 is 2.17 bits per heavy atom. The van der Waals surface area contributed by atoms with E-state index in [1.54, 1.807) is 49.6 Å². The minimum Gasteiger partial charge on any atom is -0.497 e. The van der Waals surface area contributed by atoms with E-state index < -0.39 is 6.03 Å². The number of hydrogen-bond acceptors (Lipinski definition) is 4. The quantitative estimate of drug-likeness (QED) is 0.827. The first-order valence-corrected chi connectivity index (χ1v) is 6.94. The molecular formula is C17H18N2O4. The highest BCUT2D eigenvalue weighted by Gasteiger charge is 2.09. The van der Waals surface area contributed by atoms with Gasteiger partial charge in [0.1, 0.15) is 11.5 Å². The monoisotopic (exact) mass is 314 g/mol. The Hall–Kier alpha value is -3.02. The van der Waals surface area contributed by atoms with Gasteiger partial charge in [-0.1, -0.05) is 0 Å². The van der Waals surface area contributed by atoms with Gasteiger partial charge in [-0.25, -0.2) is 4.79 Å². The maximum atomic E-state index is 12.1. The van der Waals surface area contributed by atoms with Crippen LogP contribution in [0.1, 0.15) is 17.3 Å². The van der Waals surface area contributed by atoms with Gasteiger partial charge in [-0.15, -0.1) is 0 Å². The van der Waals surface area contributed by atoms with Crippen molar-refractivity contribution in [2.24, 2.45) is 0 Å². The third-order valence-corrected chi connectivity index (χ3v) is 3.20. The van der Waals surface area contributed by atoms with Gasteiger partial charge in [-0.05, 0) is 43.3 Å². The van der Waals surface area contributed by atoms with E-state index in [0.717, 1.165) is 0 Å². The fourth-order valence-corrected chi connectivity index (χ4v) is 1.98. The van der Waals surface area contributed by atoms with Crippen molar-refractivity contribution in [2.75, 3.05) is 24.9 Å². The lowest BCUT2D eigenvalue weighted by Gasteiger charge is -2.12. The minimum absolute atomic E-state index is 0.0258. The number of ketones is 1. The van der Waals surface area contributed by atoms with E-state index in [-0.39, 0.29) is 5.78 Å². The number of rotatable bonds is 5. The van der Waals surface area contributed by atoms with E-state index in [0.29, 0.717) is 28.4 Å². The Kier molecular flexibility index (Phi) is 5.19. The number of methoxy groups -OCH3 is 2. The van der Waals surface area contributed by atoms with Gasteiger partial charge >= 0.3 is 6.03 Å². The molecule has 0 spiro atoms. The highest BCUT2D eigenvalue weighted by molar-refractivity contribution is 6.01. The van der Waals surface area contributed by atoms with Crippen LogP contribution in [0.15, 0.2) is 42.5 Å². The van der Waals surface area contributed by atoms with Crippen LogP contribution in [-0.4, -0.2) is 26.0 Å². The molecule has 0 unspecified atom stereocenters. The summed E-state index contributed by atoms with van der Waals surface area (Å²) in [5.41, 5.74) is 1.66. The largest absolute Gasteiger partial charge is 0.497 e. The Bertz CT molecular complexity index is 711. The van der Waals surface area contributed by atoms with Gasteiger partial charge in [-0.3, -0.25) is 4.79 Å². The summed E-state index contributed by atoms with van der Waals surface area (Å²) in [7, 11) is 3.06. The average Bonchev–Trinajstić information content (AvgIpc) is 2.55. The summed E-state index contributed by atoms with van der Waals surface area (Å²) in [5, 5.41) is 5.39. The summed E-state index contributed by atoms with van der Waals surface area (Å²) in [5.74, 6) is 1.10. The zero-order valence-electron chi connectivity index (χ0n) is 13.2. The van der Waals surface area contributed by atoms with Gasteiger partial charge in [0, 0.05) is 17.3 Å². The summed E-state index contributed by atoms with van der Waals surface area (Å²) >= 11 is 0. The zero-order chi connectivity index (χ0) is 16.8. The van der Waals surface area contributed by atoms with Crippen molar-refractivity contribution in [3.63, 3.8) is 0 Å². The summed E-state index contributed by atoms with van der Waals surface area (Å²) in [6, 6.07) is 11.3. The molecule has 2 amide bonds. The molecule has 6 nitrogen and oxygen atoms in total. The predicted octanol–water partition coefficient (Wildman–Crippen LogP) is 3.55. The van der Waals surface area contributed by atoms with Gasteiger partial charge < -0.3 is 20.1 Å². The van der Waals surface area contributed by atoms with Crippen LogP contribution in [0.4, 0.5) is 16.2 Å². The highest BCUT2D eigenvalue weighted by atomic mass is 16.5. The number of amides is 2. The van der Waals surface area contributed by atoms with E-state index in [2.05, 4.69) is 10.6 Å². The lowest BCUT2D eigenvalue weighted by Crippen LogP contribution is -2.19. The molecule has 0 radical (unpaired) electrons. The second-order valence-corrected chi connectivity index (χ2v) is 4.78. The van der Waals surface area contributed by atoms with Crippen LogP contribution in [-0.2, 0) is 0 Å². The first kappa shape index (κ1) is 16.4. The van der Waals surface area contributed by atoms with Crippen LogP contribution in [0.2, 0.25) is 0 Å².